The van der Waals surface area contributed by atoms with E-state index in [1.807, 2.05) is 0 Å². The van der Waals surface area contributed by atoms with Gasteiger partial charge >= 0.3 is 0 Å². The molecule has 0 bridgehead atoms. The van der Waals surface area contributed by atoms with E-state index in [1.165, 1.54) is 23.2 Å². The van der Waals surface area contributed by atoms with Crippen LogP contribution >= 0.6 is 0 Å². The van der Waals surface area contributed by atoms with Crippen molar-refractivity contribution in [1.29, 1.82) is 0 Å². The van der Waals surface area contributed by atoms with Gasteiger partial charge in [0, 0.05) is 25.6 Å². The highest BCUT2D eigenvalue weighted by Gasteiger charge is 2.25. The van der Waals surface area contributed by atoms with Crippen LogP contribution in [0.2, 0.25) is 0 Å². The van der Waals surface area contributed by atoms with Crippen molar-refractivity contribution < 1.29 is 13.2 Å². The number of carbonyl (C=O) groups is 1. The maximum Gasteiger partial charge on any atom is 0.242 e. The van der Waals surface area contributed by atoms with Crippen LogP contribution in [0.25, 0.3) is 0 Å². The van der Waals surface area contributed by atoms with Gasteiger partial charge in [-0.1, -0.05) is 31.9 Å². The van der Waals surface area contributed by atoms with Crippen molar-refractivity contribution in [3.63, 3.8) is 0 Å². The molecule has 0 N–H and O–H groups in total. The molecule has 0 saturated heterocycles. The predicted molar refractivity (Wildman–Crippen MR) is 82.8 cm³/mol. The molecule has 2 rings (SSSR count). The fourth-order valence-electron chi connectivity index (χ4n) is 2.87. The van der Waals surface area contributed by atoms with E-state index in [9.17, 15) is 13.2 Å². The first-order chi connectivity index (χ1) is 9.95. The molecule has 1 aromatic carbocycles. The third-order valence-electron chi connectivity index (χ3n) is 4.18. The largest absolute Gasteiger partial charge is 0.294 e. The lowest BCUT2D eigenvalue weighted by Crippen LogP contribution is -2.31. The summed E-state index contributed by atoms with van der Waals surface area (Å²) in [5.74, 6) is 0.427. The van der Waals surface area contributed by atoms with Crippen LogP contribution in [0, 0.1) is 5.92 Å². The average Bonchev–Trinajstić information content (AvgIpc) is 2.99. The van der Waals surface area contributed by atoms with Crippen molar-refractivity contribution in [2.75, 3.05) is 13.6 Å². The van der Waals surface area contributed by atoms with Gasteiger partial charge in [0.1, 0.15) is 0 Å². The molecule has 0 heterocycles. The summed E-state index contributed by atoms with van der Waals surface area (Å²) in [6.07, 6.45) is 4.97. The zero-order valence-electron chi connectivity index (χ0n) is 12.7. The van der Waals surface area contributed by atoms with Crippen molar-refractivity contribution in [2.24, 2.45) is 5.92 Å². The molecular weight excluding hydrogens is 286 g/mol. The number of hydrogen-bond acceptors (Lipinski definition) is 3. The lowest BCUT2D eigenvalue weighted by atomic mass is 10.1. The van der Waals surface area contributed by atoms with Crippen LogP contribution in [0.5, 0.6) is 0 Å². The summed E-state index contributed by atoms with van der Waals surface area (Å²) in [5.41, 5.74) is 0.466. The number of ketones is 1. The molecule has 0 atom stereocenters. The Hall–Kier alpha value is -1.20. The monoisotopic (exact) mass is 309 g/mol. The van der Waals surface area contributed by atoms with Crippen LogP contribution in [0.4, 0.5) is 0 Å². The Balaban J connectivity index is 2.19. The molecule has 0 aromatic heterocycles. The van der Waals surface area contributed by atoms with Gasteiger partial charge in [-0.15, -0.1) is 0 Å². The van der Waals surface area contributed by atoms with Gasteiger partial charge in [0.25, 0.3) is 0 Å². The molecular formula is C16H23NO3S. The molecule has 1 aliphatic carbocycles. The standard InChI is InChI=1S/C16H23NO3S/c1-3-16(18)14-9-6-10-15(11-14)21(19,20)17(2)12-13-7-4-5-8-13/h6,9-11,13H,3-5,7-8,12H2,1-2H3. The molecule has 0 spiro atoms. The molecule has 4 nitrogen and oxygen atoms in total. The van der Waals surface area contributed by atoms with E-state index in [2.05, 4.69) is 0 Å². The maximum atomic E-state index is 12.6. The second-order valence-electron chi connectivity index (χ2n) is 5.74. The predicted octanol–water partition coefficient (Wildman–Crippen LogP) is 3.09. The van der Waals surface area contributed by atoms with Crippen LogP contribution < -0.4 is 0 Å². The molecule has 5 heteroatoms. The zero-order chi connectivity index (χ0) is 15.5. The summed E-state index contributed by atoms with van der Waals surface area (Å²) in [6.45, 7) is 2.34. The summed E-state index contributed by atoms with van der Waals surface area (Å²) < 4.78 is 26.6. The number of Topliss-reactive ketones (excluding diaryl/α,β-unsaturated/α-hetero) is 1. The normalized spacial score (nSPS) is 16.5. The number of carbonyl (C=O) groups excluding carboxylic acids is 1. The van der Waals surface area contributed by atoms with Crippen LogP contribution in [0.3, 0.4) is 0 Å². The fourth-order valence-corrected chi connectivity index (χ4v) is 4.16. The summed E-state index contributed by atoms with van der Waals surface area (Å²) in [7, 11) is -1.88. The van der Waals surface area contributed by atoms with E-state index in [0.717, 1.165) is 12.8 Å². The average molecular weight is 309 g/mol. The van der Waals surface area contributed by atoms with E-state index >= 15 is 0 Å². The van der Waals surface area contributed by atoms with Crippen LogP contribution in [-0.2, 0) is 10.0 Å². The maximum absolute atomic E-state index is 12.6. The third-order valence-corrected chi connectivity index (χ3v) is 5.99. The molecule has 1 saturated carbocycles. The van der Waals surface area contributed by atoms with Gasteiger partial charge < -0.3 is 0 Å². The van der Waals surface area contributed by atoms with Crippen LogP contribution in [-0.4, -0.2) is 32.1 Å². The van der Waals surface area contributed by atoms with E-state index in [0.29, 0.717) is 24.4 Å². The number of nitrogens with zero attached hydrogens (tertiary/aromatic N) is 1. The summed E-state index contributed by atoms with van der Waals surface area (Å²) in [5, 5.41) is 0. The smallest absolute Gasteiger partial charge is 0.242 e. The van der Waals surface area contributed by atoms with Crippen LogP contribution in [0.1, 0.15) is 49.4 Å². The van der Waals surface area contributed by atoms with Crippen molar-refractivity contribution in [1.82, 2.24) is 4.31 Å². The SMILES string of the molecule is CCC(=O)c1cccc(S(=O)(=O)N(C)CC2CCCC2)c1. The zero-order valence-corrected chi connectivity index (χ0v) is 13.5. The molecule has 0 amide bonds. The van der Waals surface area contributed by atoms with Gasteiger partial charge in [-0.05, 0) is 30.9 Å². The quantitative estimate of drug-likeness (QED) is 0.759. The lowest BCUT2D eigenvalue weighted by molar-refractivity contribution is 0.0988. The van der Waals surface area contributed by atoms with Gasteiger partial charge in [-0.3, -0.25) is 4.79 Å². The molecule has 21 heavy (non-hydrogen) atoms. The van der Waals surface area contributed by atoms with Gasteiger partial charge in [0.2, 0.25) is 10.0 Å². The third kappa shape index (κ3) is 3.71. The second-order valence-corrected chi connectivity index (χ2v) is 7.79. The van der Waals surface area contributed by atoms with E-state index in [1.54, 1.807) is 32.2 Å². The summed E-state index contributed by atoms with van der Waals surface area (Å²) in [6, 6.07) is 6.36. The topological polar surface area (TPSA) is 54.5 Å². The first-order valence-electron chi connectivity index (χ1n) is 7.54. The molecule has 1 aliphatic rings. The Morgan fingerprint density at radius 1 is 1.29 bits per heavy atom. The Kier molecular flexibility index (Phi) is 5.17. The Labute approximate surface area is 127 Å². The van der Waals surface area contributed by atoms with Crippen molar-refractivity contribution >= 4 is 15.8 Å². The molecule has 1 aromatic rings. The molecule has 0 aliphatic heterocycles. The Bertz CT molecular complexity index is 604. The molecule has 0 radical (unpaired) electrons. The van der Waals surface area contributed by atoms with E-state index in [4.69, 9.17) is 0 Å². The first-order valence-corrected chi connectivity index (χ1v) is 8.98. The minimum Gasteiger partial charge on any atom is -0.294 e. The molecule has 116 valence electrons. The Morgan fingerprint density at radius 3 is 2.57 bits per heavy atom. The highest BCUT2D eigenvalue weighted by atomic mass is 32.2. The minimum absolute atomic E-state index is 0.0366. The highest BCUT2D eigenvalue weighted by Crippen LogP contribution is 2.27. The first kappa shape index (κ1) is 16.2. The van der Waals surface area contributed by atoms with Crippen molar-refractivity contribution in [3.8, 4) is 0 Å². The van der Waals surface area contributed by atoms with E-state index < -0.39 is 10.0 Å². The summed E-state index contributed by atoms with van der Waals surface area (Å²) >= 11 is 0. The van der Waals surface area contributed by atoms with Crippen molar-refractivity contribution in [3.05, 3.63) is 29.8 Å². The summed E-state index contributed by atoms with van der Waals surface area (Å²) in [4.78, 5) is 11.9. The molecule has 1 fully saturated rings. The van der Waals surface area contributed by atoms with Gasteiger partial charge in [0.05, 0.1) is 4.90 Å². The second kappa shape index (κ2) is 6.71. The number of hydrogen-bond donors (Lipinski definition) is 0. The fraction of sp³-hybridized carbons (Fsp3) is 0.562. The van der Waals surface area contributed by atoms with Gasteiger partial charge in [0.15, 0.2) is 5.78 Å². The van der Waals surface area contributed by atoms with Gasteiger partial charge in [-0.25, -0.2) is 12.7 Å². The lowest BCUT2D eigenvalue weighted by Gasteiger charge is -2.21. The number of rotatable bonds is 6. The highest BCUT2D eigenvalue weighted by molar-refractivity contribution is 7.89. The minimum atomic E-state index is -3.51. The van der Waals surface area contributed by atoms with Crippen molar-refractivity contribution in [2.45, 2.75) is 43.9 Å². The molecule has 0 unspecified atom stereocenters. The Morgan fingerprint density at radius 2 is 1.95 bits per heavy atom. The van der Waals surface area contributed by atoms with E-state index in [-0.39, 0.29) is 10.7 Å². The van der Waals surface area contributed by atoms with Gasteiger partial charge in [-0.2, -0.15) is 0 Å². The number of sulfonamides is 1. The number of benzene rings is 1. The van der Waals surface area contributed by atoms with Crippen LogP contribution in [0.15, 0.2) is 29.2 Å².